The maximum Gasteiger partial charge on any atom is 0.337 e. The molecule has 0 fully saturated rings. The number of rotatable bonds is 8. The van der Waals surface area contributed by atoms with Gasteiger partial charge < -0.3 is 9.84 Å². The van der Waals surface area contributed by atoms with Gasteiger partial charge in [-0.15, -0.1) is 0 Å². The van der Waals surface area contributed by atoms with Crippen LogP contribution in [0.1, 0.15) is 37.9 Å². The number of ketones is 1. The van der Waals surface area contributed by atoms with E-state index in [2.05, 4.69) is 4.98 Å². The van der Waals surface area contributed by atoms with Crippen LogP contribution in [0.2, 0.25) is 0 Å². The molecule has 4 aromatic rings. The van der Waals surface area contributed by atoms with Crippen LogP contribution in [0.3, 0.4) is 0 Å². The minimum atomic E-state index is -4.18. The molecule has 14 heteroatoms. The van der Waals surface area contributed by atoms with E-state index >= 15 is 0 Å². The lowest BCUT2D eigenvalue weighted by atomic mass is 9.92. The first kappa shape index (κ1) is 29.3. The molecule has 12 nitrogen and oxygen atoms in total. The van der Waals surface area contributed by atoms with Gasteiger partial charge in [-0.3, -0.25) is 14.5 Å². The number of ether oxygens (including phenoxy) is 1. The van der Waals surface area contributed by atoms with Gasteiger partial charge in [-0.25, -0.2) is 23.4 Å². The summed E-state index contributed by atoms with van der Waals surface area (Å²) in [6.45, 7) is 1.84. The Kier molecular flexibility index (Phi) is 7.65. The SMILES string of the molecule is COC(=O)c1ccc(C2C(C(=O)c3ccc(C)cc3)=C(O)C(=O)N2c2ncc(S(=O)(=O)c3ccc([N+](=O)O)cc3)s2)cc1. The van der Waals surface area contributed by atoms with E-state index in [-0.39, 0.29) is 36.6 Å². The van der Waals surface area contributed by atoms with Gasteiger partial charge in [-0.05, 0) is 36.8 Å². The highest BCUT2D eigenvalue weighted by Crippen LogP contribution is 2.44. The van der Waals surface area contributed by atoms with Crippen LogP contribution in [0.25, 0.3) is 0 Å². The fraction of sp³-hybridized carbons (Fsp3) is 0.103. The number of Topliss-reactive ketones (excluding diaryl/α,β-unsaturated/α-hetero) is 1. The summed E-state index contributed by atoms with van der Waals surface area (Å²) in [4.78, 5) is 54.8. The van der Waals surface area contributed by atoms with E-state index < -0.39 is 44.2 Å². The molecule has 0 bridgehead atoms. The second-order valence-corrected chi connectivity index (χ2v) is 12.6. The van der Waals surface area contributed by atoms with Crippen LogP contribution < -0.4 is 4.90 Å². The second kappa shape index (κ2) is 11.2. The molecule has 2 heterocycles. The molecule has 218 valence electrons. The Labute approximate surface area is 248 Å². The van der Waals surface area contributed by atoms with Crippen LogP contribution in [-0.2, 0) is 19.4 Å². The predicted molar refractivity (Wildman–Crippen MR) is 152 cm³/mol. The molecule has 0 saturated heterocycles. The molecule has 1 aliphatic heterocycles. The van der Waals surface area contributed by atoms with E-state index in [1.54, 1.807) is 24.3 Å². The van der Waals surface area contributed by atoms with Gasteiger partial charge in [0.25, 0.3) is 10.8 Å². The number of hydrogen-bond acceptors (Lipinski definition) is 10. The number of nitrogens with zero attached hydrogens (tertiary/aromatic N) is 3. The van der Waals surface area contributed by atoms with Crippen molar-refractivity contribution >= 4 is 49.7 Å². The summed E-state index contributed by atoms with van der Waals surface area (Å²) in [6.07, 6.45) is 1.04. The molecular formula is C29H22N3O9S2+. The van der Waals surface area contributed by atoms with Gasteiger partial charge in [0.05, 0.1) is 40.3 Å². The van der Waals surface area contributed by atoms with Gasteiger partial charge in [-0.1, -0.05) is 53.3 Å². The Balaban J connectivity index is 1.59. The zero-order valence-corrected chi connectivity index (χ0v) is 24.1. The number of carbonyl (C=O) groups is 3. The smallest absolute Gasteiger partial charge is 0.337 e. The van der Waals surface area contributed by atoms with E-state index in [4.69, 9.17) is 9.94 Å². The molecular weight excluding hydrogens is 598 g/mol. The molecule has 1 aliphatic rings. The number of hydrogen-bond donors (Lipinski definition) is 2. The summed E-state index contributed by atoms with van der Waals surface area (Å²) < 4.78 is 31.1. The molecule has 0 saturated carbocycles. The standard InChI is InChI=1S/C29H21N3O9S2/c1-16-3-5-18(6-4-16)25(33)23-24(17-7-9-19(10-8-17)28(36)41-2)31(27(35)26(23)34)29-30-15-22(42-29)43(39,40)21-13-11-20(12-14-21)32(37)38/h3-15,24H,1-2H3,(H-,33,34,37,38)/p+1. The molecule has 0 radical (unpaired) electrons. The zero-order chi connectivity index (χ0) is 31.1. The van der Waals surface area contributed by atoms with Gasteiger partial charge in [0, 0.05) is 17.7 Å². The first-order valence-corrected chi connectivity index (χ1v) is 14.8. The van der Waals surface area contributed by atoms with Crippen LogP contribution >= 0.6 is 11.3 Å². The van der Waals surface area contributed by atoms with Crippen molar-refractivity contribution in [2.45, 2.75) is 22.1 Å². The first-order chi connectivity index (χ1) is 20.4. The summed E-state index contributed by atoms with van der Waals surface area (Å²) >= 11 is 0.631. The molecule has 1 unspecified atom stereocenters. The number of benzene rings is 3. The molecule has 1 amide bonds. The highest BCUT2D eigenvalue weighted by molar-refractivity contribution is 7.93. The van der Waals surface area contributed by atoms with Crippen molar-refractivity contribution in [2.24, 2.45) is 0 Å². The third-order valence-electron chi connectivity index (χ3n) is 6.73. The number of aliphatic hydroxyl groups excluding tert-OH is 1. The van der Waals surface area contributed by atoms with Gasteiger partial charge in [0.2, 0.25) is 9.84 Å². The van der Waals surface area contributed by atoms with Crippen LogP contribution in [0, 0.1) is 11.8 Å². The lowest BCUT2D eigenvalue weighted by Crippen LogP contribution is -2.31. The molecule has 0 aliphatic carbocycles. The monoisotopic (exact) mass is 620 g/mol. The Hall–Kier alpha value is -5.21. The number of esters is 1. The third kappa shape index (κ3) is 5.29. The average Bonchev–Trinajstić information content (AvgIpc) is 3.60. The van der Waals surface area contributed by atoms with E-state index in [9.17, 15) is 32.8 Å². The van der Waals surface area contributed by atoms with Crippen molar-refractivity contribution in [3.8, 4) is 0 Å². The molecule has 1 aromatic heterocycles. The highest BCUT2D eigenvalue weighted by atomic mass is 32.2. The van der Waals surface area contributed by atoms with Crippen molar-refractivity contribution in [1.29, 1.82) is 0 Å². The lowest BCUT2D eigenvalue weighted by Gasteiger charge is -2.24. The van der Waals surface area contributed by atoms with Crippen molar-refractivity contribution in [2.75, 3.05) is 12.0 Å². The van der Waals surface area contributed by atoms with E-state index in [1.165, 1.54) is 31.4 Å². The number of anilines is 1. The fourth-order valence-corrected chi connectivity index (χ4v) is 7.03. The minimum absolute atomic E-state index is 0.124. The number of sulfone groups is 1. The molecule has 0 spiro atoms. The zero-order valence-electron chi connectivity index (χ0n) is 22.5. The Morgan fingerprint density at radius 2 is 1.58 bits per heavy atom. The van der Waals surface area contributed by atoms with E-state index in [0.29, 0.717) is 16.9 Å². The molecule has 1 atom stereocenters. The largest absolute Gasteiger partial charge is 0.503 e. The number of carbonyl (C=O) groups excluding carboxylic acids is 3. The van der Waals surface area contributed by atoms with Crippen molar-refractivity contribution < 1.29 is 42.8 Å². The van der Waals surface area contributed by atoms with Crippen molar-refractivity contribution in [1.82, 2.24) is 4.98 Å². The van der Waals surface area contributed by atoms with Crippen LogP contribution in [-0.4, -0.2) is 53.4 Å². The summed E-state index contributed by atoms with van der Waals surface area (Å²) in [7, 11) is -2.95. The third-order valence-corrected chi connectivity index (χ3v) is 9.95. The van der Waals surface area contributed by atoms with E-state index in [0.717, 1.165) is 40.9 Å². The molecule has 5 rings (SSSR count). The maximum absolute atomic E-state index is 13.7. The van der Waals surface area contributed by atoms with Crippen LogP contribution in [0.15, 0.2) is 99.4 Å². The van der Waals surface area contributed by atoms with Gasteiger partial charge in [-0.2, -0.15) is 0 Å². The molecule has 2 N–H and O–H groups in total. The molecule has 3 aromatic carbocycles. The maximum atomic E-state index is 13.7. The summed E-state index contributed by atoms with van der Waals surface area (Å²) in [5.74, 6) is -3.03. The van der Waals surface area contributed by atoms with Gasteiger partial charge in [0.1, 0.15) is 4.21 Å². The quantitative estimate of drug-likeness (QED) is 0.160. The van der Waals surface area contributed by atoms with Crippen LogP contribution in [0.4, 0.5) is 10.8 Å². The van der Waals surface area contributed by atoms with Gasteiger partial charge in [0.15, 0.2) is 16.7 Å². The summed E-state index contributed by atoms with van der Waals surface area (Å²) in [5, 5.41) is 19.9. The number of aromatic nitrogens is 1. The van der Waals surface area contributed by atoms with Crippen molar-refractivity contribution in [3.05, 3.63) is 117 Å². The number of thiazole rings is 1. The normalized spacial score (nSPS) is 15.1. The number of methoxy groups -OCH3 is 1. The lowest BCUT2D eigenvalue weighted by molar-refractivity contribution is -0.729. The second-order valence-electron chi connectivity index (χ2n) is 9.38. The summed E-state index contributed by atoms with van der Waals surface area (Å²) in [6, 6.07) is 15.7. The van der Waals surface area contributed by atoms with Crippen LogP contribution in [0.5, 0.6) is 0 Å². The highest BCUT2D eigenvalue weighted by Gasteiger charge is 2.46. The summed E-state index contributed by atoms with van der Waals surface area (Å²) in [5.41, 5.74) is 1.21. The Morgan fingerprint density at radius 3 is 2.16 bits per heavy atom. The topological polar surface area (TPSA) is 171 Å². The predicted octanol–water partition coefficient (Wildman–Crippen LogP) is 4.65. The number of aliphatic hydroxyl groups is 1. The first-order valence-electron chi connectivity index (χ1n) is 12.5. The average molecular weight is 621 g/mol. The minimum Gasteiger partial charge on any atom is -0.503 e. The number of amides is 1. The van der Waals surface area contributed by atoms with Crippen molar-refractivity contribution in [3.63, 3.8) is 0 Å². The van der Waals surface area contributed by atoms with E-state index in [1.807, 2.05) is 6.92 Å². The number of aryl methyl sites for hydroxylation is 1. The fourth-order valence-electron chi connectivity index (χ4n) is 4.48. The Bertz CT molecular complexity index is 1910. The molecule has 43 heavy (non-hydrogen) atoms. The Morgan fingerprint density at radius 1 is 0.977 bits per heavy atom. The van der Waals surface area contributed by atoms with Gasteiger partial charge >= 0.3 is 11.7 Å².